The molecule has 2 aromatic heterocycles. The third kappa shape index (κ3) is 2.43. The van der Waals surface area contributed by atoms with Crippen LogP contribution in [0, 0.1) is 18.6 Å². The van der Waals surface area contributed by atoms with Gasteiger partial charge in [-0.15, -0.1) is 0 Å². The summed E-state index contributed by atoms with van der Waals surface area (Å²) in [5.41, 5.74) is 3.72. The molecule has 0 radical (unpaired) electrons. The summed E-state index contributed by atoms with van der Waals surface area (Å²) in [4.78, 5) is 0. The highest BCUT2D eigenvalue weighted by atomic mass is 19.1. The van der Waals surface area contributed by atoms with E-state index in [1.807, 2.05) is 73.4 Å². The molecule has 138 valence electrons. The van der Waals surface area contributed by atoms with Gasteiger partial charge in [0.05, 0.1) is 18.0 Å². The fourth-order valence-electron chi connectivity index (χ4n) is 3.81. The van der Waals surface area contributed by atoms with Crippen molar-refractivity contribution in [3.8, 4) is 17.1 Å². The number of nitrogens with zero attached hydrogens (tertiary/aromatic N) is 2. The summed E-state index contributed by atoms with van der Waals surface area (Å²) in [7, 11) is 1.98. The van der Waals surface area contributed by atoms with Gasteiger partial charge in [-0.3, -0.25) is 0 Å². The van der Waals surface area contributed by atoms with Gasteiger partial charge in [0, 0.05) is 17.5 Å². The highest BCUT2D eigenvalue weighted by molar-refractivity contribution is 6.06. The van der Waals surface area contributed by atoms with Gasteiger partial charge >= 0.3 is 0 Å². The van der Waals surface area contributed by atoms with Crippen LogP contribution in [0.5, 0.6) is 0 Å². The van der Waals surface area contributed by atoms with Crippen molar-refractivity contribution >= 4 is 21.9 Å². The summed E-state index contributed by atoms with van der Waals surface area (Å²) < 4.78 is 37.9. The Bertz CT molecular complexity index is 1350. The third-order valence-corrected chi connectivity index (χ3v) is 5.11. The van der Waals surface area contributed by atoms with Gasteiger partial charge < -0.3 is 4.42 Å². The summed E-state index contributed by atoms with van der Waals surface area (Å²) in [5.74, 6) is -0.290. The minimum absolute atomic E-state index is 0.215. The summed E-state index contributed by atoms with van der Waals surface area (Å²) in [5, 5.41) is 0.961. The second-order valence-corrected chi connectivity index (χ2v) is 6.96. The number of aromatic nitrogens is 2. The van der Waals surface area contributed by atoms with Crippen LogP contribution in [-0.2, 0) is 7.05 Å². The Kier molecular flexibility index (Phi) is 3.59. The zero-order chi connectivity index (χ0) is 19.4. The Morgan fingerprint density at radius 2 is 1.75 bits per heavy atom. The van der Waals surface area contributed by atoms with E-state index in [0.717, 1.165) is 28.7 Å². The summed E-state index contributed by atoms with van der Waals surface area (Å²) >= 11 is 0. The van der Waals surface area contributed by atoms with Crippen LogP contribution in [0.15, 0.2) is 71.4 Å². The predicted octanol–water partition coefficient (Wildman–Crippen LogP) is 5.45. The van der Waals surface area contributed by atoms with E-state index < -0.39 is 11.6 Å². The van der Waals surface area contributed by atoms with Gasteiger partial charge in [-0.1, -0.05) is 18.2 Å². The largest absolute Gasteiger partial charge is 0.456 e. The van der Waals surface area contributed by atoms with Crippen LogP contribution in [0.3, 0.4) is 0 Å². The molecule has 5 heteroatoms. The number of furan rings is 1. The number of hydrogen-bond acceptors (Lipinski definition) is 1. The quantitative estimate of drug-likeness (QED) is 0.376. The zero-order valence-corrected chi connectivity index (χ0v) is 15.4. The first kappa shape index (κ1) is 16.7. The molecule has 0 aliphatic rings. The first-order valence-electron chi connectivity index (χ1n) is 8.97. The van der Waals surface area contributed by atoms with E-state index >= 15 is 0 Å². The van der Waals surface area contributed by atoms with Gasteiger partial charge in [-0.2, -0.15) is 4.57 Å². The van der Waals surface area contributed by atoms with E-state index in [0.29, 0.717) is 16.4 Å². The summed E-state index contributed by atoms with van der Waals surface area (Å²) in [6.07, 6.45) is 3.99. The molecule has 0 amide bonds. The number of rotatable bonds is 2. The van der Waals surface area contributed by atoms with Crippen molar-refractivity contribution < 1.29 is 17.8 Å². The van der Waals surface area contributed by atoms with Crippen LogP contribution in [0.2, 0.25) is 0 Å². The van der Waals surface area contributed by atoms with Gasteiger partial charge in [-0.25, -0.2) is 13.3 Å². The van der Waals surface area contributed by atoms with Crippen LogP contribution in [0.1, 0.15) is 5.56 Å². The molecule has 3 aromatic carbocycles. The van der Waals surface area contributed by atoms with E-state index in [4.69, 9.17) is 4.42 Å². The van der Waals surface area contributed by atoms with Crippen LogP contribution < -0.4 is 4.57 Å². The Morgan fingerprint density at radius 1 is 0.964 bits per heavy atom. The van der Waals surface area contributed by atoms with Crippen molar-refractivity contribution in [2.24, 2.45) is 7.05 Å². The van der Waals surface area contributed by atoms with Gasteiger partial charge in [0.25, 0.3) is 5.82 Å². The molecule has 5 rings (SSSR count). The first-order valence-corrected chi connectivity index (χ1v) is 8.97. The molecule has 0 N–H and O–H groups in total. The maximum absolute atomic E-state index is 14.4. The Balaban J connectivity index is 1.80. The molecule has 0 spiro atoms. The summed E-state index contributed by atoms with van der Waals surface area (Å²) in [6, 6.07) is 16.0. The lowest BCUT2D eigenvalue weighted by Gasteiger charge is -2.06. The topological polar surface area (TPSA) is 21.9 Å². The summed E-state index contributed by atoms with van der Waals surface area (Å²) in [6.45, 7) is 1.98. The minimum Gasteiger partial charge on any atom is -0.456 e. The Hall–Kier alpha value is -3.47. The van der Waals surface area contributed by atoms with Crippen LogP contribution >= 0.6 is 0 Å². The molecule has 0 atom stereocenters. The van der Waals surface area contributed by atoms with Crippen molar-refractivity contribution in [2.45, 2.75) is 6.92 Å². The molecule has 2 heterocycles. The van der Waals surface area contributed by atoms with Gasteiger partial charge in [0.15, 0.2) is 0 Å². The molecule has 0 fully saturated rings. The second-order valence-electron chi connectivity index (χ2n) is 6.96. The normalized spacial score (nSPS) is 11.6. The molecule has 3 nitrogen and oxygen atoms in total. The molecule has 0 saturated carbocycles. The van der Waals surface area contributed by atoms with Crippen molar-refractivity contribution in [2.75, 3.05) is 0 Å². The van der Waals surface area contributed by atoms with Crippen LogP contribution in [0.25, 0.3) is 39.0 Å². The van der Waals surface area contributed by atoms with E-state index in [-0.39, 0.29) is 5.58 Å². The molecule has 0 unspecified atom stereocenters. The molecular formula is C23H17F2N2O+. The van der Waals surface area contributed by atoms with Gasteiger partial charge in [0.2, 0.25) is 0 Å². The lowest BCUT2D eigenvalue weighted by molar-refractivity contribution is -0.659. The standard InChI is InChI=1S/C23H17F2N2O/c1-14-10-18-20(28-21-12-15(24)11-19(25)22(18)21)13-17(14)23-26(2)8-9-27(23)16-6-4-3-5-7-16/h3-13H,1-2H3/q+1. The average Bonchev–Trinajstić information content (AvgIpc) is 3.21. The maximum Gasteiger partial charge on any atom is 0.294 e. The van der Waals surface area contributed by atoms with Crippen molar-refractivity contribution in [1.82, 2.24) is 4.57 Å². The number of benzene rings is 3. The number of hydrogen-bond donors (Lipinski definition) is 0. The number of fused-ring (bicyclic) bond motifs is 3. The number of para-hydroxylation sites is 1. The molecule has 5 aromatic rings. The van der Waals surface area contributed by atoms with Crippen LogP contribution in [-0.4, -0.2) is 4.57 Å². The third-order valence-electron chi connectivity index (χ3n) is 5.11. The lowest BCUT2D eigenvalue weighted by Crippen LogP contribution is -2.29. The fraction of sp³-hybridized carbons (Fsp3) is 0.0870. The molecule has 0 saturated heterocycles. The Labute approximate surface area is 160 Å². The van der Waals surface area contributed by atoms with E-state index in [9.17, 15) is 8.78 Å². The molecule has 0 aliphatic carbocycles. The lowest BCUT2D eigenvalue weighted by atomic mass is 10.0. The number of aryl methyl sites for hydroxylation is 2. The second kappa shape index (κ2) is 6.02. The van der Waals surface area contributed by atoms with Crippen LogP contribution in [0.4, 0.5) is 8.78 Å². The van der Waals surface area contributed by atoms with Crippen molar-refractivity contribution in [3.63, 3.8) is 0 Å². The molecule has 0 bridgehead atoms. The van der Waals surface area contributed by atoms with Gasteiger partial charge in [-0.05, 0) is 36.8 Å². The van der Waals surface area contributed by atoms with Gasteiger partial charge in [0.1, 0.15) is 40.9 Å². The average molecular weight is 375 g/mol. The Morgan fingerprint density at radius 3 is 2.54 bits per heavy atom. The monoisotopic (exact) mass is 375 g/mol. The fourth-order valence-corrected chi connectivity index (χ4v) is 3.81. The molecule has 0 aliphatic heterocycles. The molecule has 28 heavy (non-hydrogen) atoms. The van der Waals surface area contributed by atoms with E-state index in [1.165, 1.54) is 6.07 Å². The first-order chi connectivity index (χ1) is 13.5. The maximum atomic E-state index is 14.4. The highest BCUT2D eigenvalue weighted by Gasteiger charge is 2.23. The molecular weight excluding hydrogens is 358 g/mol. The zero-order valence-electron chi connectivity index (χ0n) is 15.4. The van der Waals surface area contributed by atoms with E-state index in [2.05, 4.69) is 4.57 Å². The number of imidazole rings is 1. The van der Waals surface area contributed by atoms with Crippen molar-refractivity contribution in [3.05, 3.63) is 84.2 Å². The highest BCUT2D eigenvalue weighted by Crippen LogP contribution is 2.36. The van der Waals surface area contributed by atoms with E-state index in [1.54, 1.807) is 0 Å². The van der Waals surface area contributed by atoms with Crippen molar-refractivity contribution in [1.29, 1.82) is 0 Å². The SMILES string of the molecule is Cc1cc2c(cc1-c1n(-c3ccccc3)cc[n+]1C)oc1cc(F)cc(F)c12. The predicted molar refractivity (Wildman–Crippen MR) is 104 cm³/mol. The smallest absolute Gasteiger partial charge is 0.294 e. The minimum atomic E-state index is -0.648. The number of halogens is 2.